The monoisotopic (exact) mass is 348 g/mol. The normalized spacial score (nSPS) is 17.0. The number of thiophene rings is 1. The van der Waals surface area contributed by atoms with Crippen LogP contribution in [0.25, 0.3) is 0 Å². The Morgan fingerprint density at radius 2 is 1.86 bits per heavy atom. The summed E-state index contributed by atoms with van der Waals surface area (Å²) < 4.78 is 41.3. The van der Waals surface area contributed by atoms with Gasteiger partial charge in [0.1, 0.15) is 5.82 Å². The van der Waals surface area contributed by atoms with Crippen molar-refractivity contribution in [2.24, 2.45) is 0 Å². The number of hydrogen-bond donors (Lipinski definition) is 1. The highest BCUT2D eigenvalue weighted by atomic mass is 35.5. The van der Waals surface area contributed by atoms with Crippen molar-refractivity contribution in [2.45, 2.75) is 6.04 Å². The fourth-order valence-electron chi connectivity index (χ4n) is 2.69. The van der Waals surface area contributed by atoms with E-state index >= 15 is 0 Å². The van der Waals surface area contributed by atoms with Gasteiger partial charge in [-0.3, -0.25) is 4.90 Å². The lowest BCUT2D eigenvalue weighted by Crippen LogP contribution is -2.45. The van der Waals surface area contributed by atoms with Crippen LogP contribution in [0, 0.1) is 17.5 Å². The zero-order valence-electron chi connectivity index (χ0n) is 11.7. The predicted octanol–water partition coefficient (Wildman–Crippen LogP) is 3.58. The Balaban J connectivity index is 0.00000176. The first-order valence-corrected chi connectivity index (χ1v) is 7.67. The average Bonchev–Trinajstić information content (AvgIpc) is 2.99. The molecular weight excluding hydrogens is 333 g/mol. The number of halogens is 4. The zero-order valence-corrected chi connectivity index (χ0v) is 13.3. The summed E-state index contributed by atoms with van der Waals surface area (Å²) in [6.45, 7) is 2.98. The van der Waals surface area contributed by atoms with Gasteiger partial charge < -0.3 is 5.32 Å². The molecule has 2 aromatic rings. The van der Waals surface area contributed by atoms with Gasteiger partial charge in [0.25, 0.3) is 0 Å². The van der Waals surface area contributed by atoms with E-state index in [1.165, 1.54) is 11.3 Å². The van der Waals surface area contributed by atoms with Gasteiger partial charge in [-0.15, -0.1) is 23.7 Å². The molecule has 2 nitrogen and oxygen atoms in total. The fraction of sp³-hybridized carbons (Fsp3) is 0.333. The molecule has 0 spiro atoms. The van der Waals surface area contributed by atoms with E-state index in [4.69, 9.17) is 0 Å². The van der Waals surface area contributed by atoms with E-state index in [2.05, 4.69) is 10.2 Å². The lowest BCUT2D eigenvalue weighted by molar-refractivity contribution is 0.196. The van der Waals surface area contributed by atoms with Gasteiger partial charge in [0.05, 0.1) is 6.04 Å². The van der Waals surface area contributed by atoms with Crippen LogP contribution in [0.15, 0.2) is 29.6 Å². The van der Waals surface area contributed by atoms with Crippen LogP contribution in [0.2, 0.25) is 0 Å². The minimum atomic E-state index is -1.14. The third kappa shape index (κ3) is 3.46. The Labute approximate surface area is 137 Å². The highest BCUT2D eigenvalue weighted by Gasteiger charge is 2.28. The minimum absolute atomic E-state index is 0. The summed E-state index contributed by atoms with van der Waals surface area (Å²) in [7, 11) is 0. The van der Waals surface area contributed by atoms with E-state index in [1.807, 2.05) is 17.5 Å². The molecule has 1 fully saturated rings. The molecule has 0 radical (unpaired) electrons. The molecular formula is C15H16ClF3N2S. The van der Waals surface area contributed by atoms with Gasteiger partial charge in [-0.1, -0.05) is 6.07 Å². The molecule has 7 heteroatoms. The topological polar surface area (TPSA) is 15.3 Å². The van der Waals surface area contributed by atoms with Crippen LogP contribution in [-0.4, -0.2) is 31.1 Å². The molecule has 1 aliphatic heterocycles. The SMILES string of the molecule is Cl.Fc1cc(F)c(F)c([C@@H](c2cccs2)N2CCNCC2)c1. The van der Waals surface area contributed by atoms with Gasteiger partial charge in [0.15, 0.2) is 11.6 Å². The van der Waals surface area contributed by atoms with Gasteiger partial charge in [-0.25, -0.2) is 13.2 Å². The predicted molar refractivity (Wildman–Crippen MR) is 84.2 cm³/mol. The van der Waals surface area contributed by atoms with Crippen LogP contribution < -0.4 is 5.32 Å². The molecule has 2 heterocycles. The van der Waals surface area contributed by atoms with Crippen molar-refractivity contribution in [1.29, 1.82) is 0 Å². The van der Waals surface area contributed by atoms with Crippen molar-refractivity contribution in [2.75, 3.05) is 26.2 Å². The summed E-state index contributed by atoms with van der Waals surface area (Å²) in [4.78, 5) is 2.94. The highest BCUT2D eigenvalue weighted by molar-refractivity contribution is 7.10. The van der Waals surface area contributed by atoms with Crippen molar-refractivity contribution in [3.05, 3.63) is 57.5 Å². The van der Waals surface area contributed by atoms with Gasteiger partial charge in [-0.2, -0.15) is 0 Å². The smallest absolute Gasteiger partial charge is 0.164 e. The summed E-state index contributed by atoms with van der Waals surface area (Å²) in [6, 6.07) is 4.98. The number of nitrogens with one attached hydrogen (secondary N) is 1. The summed E-state index contributed by atoms with van der Waals surface area (Å²) in [5.74, 6) is -2.85. The Morgan fingerprint density at radius 1 is 1.14 bits per heavy atom. The Morgan fingerprint density at radius 3 is 2.50 bits per heavy atom. The maximum absolute atomic E-state index is 14.2. The molecule has 1 aromatic carbocycles. The molecule has 22 heavy (non-hydrogen) atoms. The molecule has 0 saturated carbocycles. The molecule has 1 saturated heterocycles. The summed E-state index contributed by atoms with van der Waals surface area (Å²) in [5, 5.41) is 5.11. The van der Waals surface area contributed by atoms with Crippen molar-refractivity contribution >= 4 is 23.7 Å². The summed E-state index contributed by atoms with van der Waals surface area (Å²) in [5.41, 5.74) is 0.0665. The molecule has 1 atom stereocenters. The third-order valence-electron chi connectivity index (χ3n) is 3.65. The van der Waals surface area contributed by atoms with Crippen LogP contribution >= 0.6 is 23.7 Å². The Kier molecular flexibility index (Phi) is 5.86. The maximum Gasteiger partial charge on any atom is 0.164 e. The van der Waals surface area contributed by atoms with E-state index in [0.717, 1.165) is 24.0 Å². The fourth-order valence-corrected chi connectivity index (χ4v) is 3.57. The van der Waals surface area contributed by atoms with Crippen LogP contribution in [0.3, 0.4) is 0 Å². The lowest BCUT2D eigenvalue weighted by Gasteiger charge is -2.34. The molecule has 1 N–H and O–H groups in total. The largest absolute Gasteiger partial charge is 0.314 e. The molecule has 3 rings (SSSR count). The van der Waals surface area contributed by atoms with Crippen LogP contribution in [0.1, 0.15) is 16.5 Å². The number of benzene rings is 1. The average molecular weight is 349 g/mol. The van der Waals surface area contributed by atoms with Gasteiger partial charge in [-0.05, 0) is 17.5 Å². The second-order valence-corrected chi connectivity index (χ2v) is 5.97. The maximum atomic E-state index is 14.2. The molecule has 0 unspecified atom stereocenters. The molecule has 120 valence electrons. The second-order valence-electron chi connectivity index (χ2n) is 4.99. The third-order valence-corrected chi connectivity index (χ3v) is 4.57. The van der Waals surface area contributed by atoms with Crippen LogP contribution in [0.4, 0.5) is 13.2 Å². The van der Waals surface area contributed by atoms with Crippen molar-refractivity contribution in [3.63, 3.8) is 0 Å². The van der Waals surface area contributed by atoms with E-state index < -0.39 is 23.5 Å². The highest BCUT2D eigenvalue weighted by Crippen LogP contribution is 2.34. The molecule has 1 aromatic heterocycles. The van der Waals surface area contributed by atoms with Crippen molar-refractivity contribution in [3.8, 4) is 0 Å². The van der Waals surface area contributed by atoms with Gasteiger partial charge >= 0.3 is 0 Å². The Bertz CT molecular complexity index is 616. The quantitative estimate of drug-likeness (QED) is 0.853. The lowest BCUT2D eigenvalue weighted by atomic mass is 10.0. The summed E-state index contributed by atoms with van der Waals surface area (Å²) in [6.07, 6.45) is 0. The van der Waals surface area contributed by atoms with E-state index in [9.17, 15) is 13.2 Å². The van der Waals surface area contributed by atoms with Crippen LogP contribution in [0.5, 0.6) is 0 Å². The molecule has 1 aliphatic rings. The zero-order chi connectivity index (χ0) is 14.8. The van der Waals surface area contributed by atoms with E-state index in [0.29, 0.717) is 19.2 Å². The van der Waals surface area contributed by atoms with Crippen molar-refractivity contribution < 1.29 is 13.2 Å². The number of nitrogens with zero attached hydrogens (tertiary/aromatic N) is 1. The van der Waals surface area contributed by atoms with Gasteiger partial charge in [0.2, 0.25) is 0 Å². The first-order chi connectivity index (χ1) is 10.2. The Hall–Kier alpha value is -1.08. The molecule has 0 bridgehead atoms. The van der Waals surface area contributed by atoms with E-state index in [-0.39, 0.29) is 18.0 Å². The molecule has 0 aliphatic carbocycles. The first-order valence-electron chi connectivity index (χ1n) is 6.79. The van der Waals surface area contributed by atoms with Crippen LogP contribution in [-0.2, 0) is 0 Å². The van der Waals surface area contributed by atoms with Gasteiger partial charge in [0, 0.05) is 42.7 Å². The minimum Gasteiger partial charge on any atom is -0.314 e. The first kappa shape index (κ1) is 17.3. The van der Waals surface area contributed by atoms with E-state index in [1.54, 1.807) is 0 Å². The standard InChI is InChI=1S/C15H15F3N2S.ClH/c16-10-8-11(14(18)12(17)9-10)15(13-2-1-7-21-13)20-5-3-19-4-6-20;/h1-2,7-9,15,19H,3-6H2;1H/t15-;/m0./s1. The summed E-state index contributed by atoms with van der Waals surface area (Å²) >= 11 is 1.47. The second kappa shape index (κ2) is 7.46. The number of hydrogen-bond acceptors (Lipinski definition) is 3. The number of piperazine rings is 1. The number of rotatable bonds is 3. The van der Waals surface area contributed by atoms with Crippen molar-refractivity contribution in [1.82, 2.24) is 10.2 Å². The molecule has 0 amide bonds.